The monoisotopic (exact) mass is 330 g/mol. The quantitative estimate of drug-likeness (QED) is 0.769. The van der Waals surface area contributed by atoms with Crippen molar-refractivity contribution in [3.63, 3.8) is 0 Å². The van der Waals surface area contributed by atoms with E-state index in [1.54, 1.807) is 0 Å². The van der Waals surface area contributed by atoms with Crippen LogP contribution in [-0.4, -0.2) is 29.1 Å². The van der Waals surface area contributed by atoms with Crippen molar-refractivity contribution in [2.24, 2.45) is 11.8 Å². The highest BCUT2D eigenvalue weighted by Crippen LogP contribution is 2.34. The Morgan fingerprint density at radius 1 is 1.21 bits per heavy atom. The van der Waals surface area contributed by atoms with Crippen LogP contribution in [0.4, 0.5) is 0 Å². The molecule has 0 aliphatic heterocycles. The Bertz CT molecular complexity index is 625. The molecular formula is C19H26N2O3. The minimum Gasteiger partial charge on any atom is -0.391 e. The summed E-state index contributed by atoms with van der Waals surface area (Å²) in [6, 6.07) is 7.16. The van der Waals surface area contributed by atoms with E-state index in [9.17, 15) is 14.7 Å². The van der Waals surface area contributed by atoms with Gasteiger partial charge in [0.2, 0.25) is 11.8 Å². The molecule has 2 amide bonds. The topological polar surface area (TPSA) is 78.4 Å². The number of carbonyl (C=O) groups is 2. The van der Waals surface area contributed by atoms with Gasteiger partial charge in [0.1, 0.15) is 6.04 Å². The number of carbonyl (C=O) groups excluding carboxylic acids is 2. The van der Waals surface area contributed by atoms with Crippen LogP contribution in [0.2, 0.25) is 0 Å². The summed E-state index contributed by atoms with van der Waals surface area (Å²) in [4.78, 5) is 24.7. The van der Waals surface area contributed by atoms with Gasteiger partial charge in [-0.2, -0.15) is 0 Å². The molecule has 1 saturated carbocycles. The molecule has 5 nitrogen and oxygen atoms in total. The zero-order valence-electron chi connectivity index (χ0n) is 14.3. The van der Waals surface area contributed by atoms with Crippen LogP contribution in [-0.2, 0) is 16.0 Å². The maximum absolute atomic E-state index is 12.7. The molecule has 0 bridgehead atoms. The highest BCUT2D eigenvalue weighted by molar-refractivity contribution is 5.90. The zero-order valence-corrected chi connectivity index (χ0v) is 14.3. The highest BCUT2D eigenvalue weighted by atomic mass is 16.3. The third-order valence-corrected chi connectivity index (χ3v) is 5.14. The number of hydrogen-bond acceptors (Lipinski definition) is 3. The van der Waals surface area contributed by atoms with E-state index in [1.165, 1.54) is 12.5 Å². The first kappa shape index (κ1) is 17.0. The second kappa shape index (κ2) is 6.93. The van der Waals surface area contributed by atoms with E-state index in [4.69, 9.17) is 0 Å². The molecule has 3 N–H and O–H groups in total. The van der Waals surface area contributed by atoms with Gasteiger partial charge in [-0.25, -0.2) is 0 Å². The second-order valence-electron chi connectivity index (χ2n) is 7.20. The predicted molar refractivity (Wildman–Crippen MR) is 91.1 cm³/mol. The molecule has 130 valence electrons. The van der Waals surface area contributed by atoms with Crippen LogP contribution >= 0.6 is 0 Å². The molecule has 24 heavy (non-hydrogen) atoms. The summed E-state index contributed by atoms with van der Waals surface area (Å²) in [5, 5.41) is 15.7. The molecule has 0 spiro atoms. The van der Waals surface area contributed by atoms with Crippen molar-refractivity contribution >= 4 is 11.8 Å². The molecule has 0 saturated heterocycles. The molecule has 1 aromatic carbocycles. The average Bonchev–Trinajstić information content (AvgIpc) is 3.39. The molecule has 3 rings (SSSR count). The number of rotatable bonds is 5. The summed E-state index contributed by atoms with van der Waals surface area (Å²) < 4.78 is 0. The lowest BCUT2D eigenvalue weighted by Crippen LogP contribution is -2.54. The number of hydrogen-bond donors (Lipinski definition) is 3. The van der Waals surface area contributed by atoms with Crippen molar-refractivity contribution in [3.05, 3.63) is 35.4 Å². The van der Waals surface area contributed by atoms with Gasteiger partial charge in [0.25, 0.3) is 0 Å². The Morgan fingerprint density at radius 2 is 1.92 bits per heavy atom. The molecule has 4 unspecified atom stereocenters. The van der Waals surface area contributed by atoms with Crippen molar-refractivity contribution in [2.45, 2.75) is 57.7 Å². The first-order chi connectivity index (χ1) is 11.5. The number of aliphatic hydroxyl groups is 1. The fourth-order valence-corrected chi connectivity index (χ4v) is 3.41. The molecule has 5 heteroatoms. The van der Waals surface area contributed by atoms with Crippen LogP contribution in [0.3, 0.4) is 0 Å². The number of aryl methyl sites for hydroxylation is 1. The Balaban J connectivity index is 1.73. The van der Waals surface area contributed by atoms with Crippen molar-refractivity contribution in [2.75, 3.05) is 0 Å². The van der Waals surface area contributed by atoms with Crippen LogP contribution in [0.25, 0.3) is 0 Å². The van der Waals surface area contributed by atoms with Crippen molar-refractivity contribution in [1.29, 1.82) is 0 Å². The van der Waals surface area contributed by atoms with Crippen molar-refractivity contribution in [3.8, 4) is 0 Å². The van der Waals surface area contributed by atoms with E-state index >= 15 is 0 Å². The Morgan fingerprint density at radius 3 is 2.58 bits per heavy atom. The lowest BCUT2D eigenvalue weighted by Gasteiger charge is -2.33. The Kier molecular flexibility index (Phi) is 4.90. The maximum Gasteiger partial charge on any atom is 0.245 e. The van der Waals surface area contributed by atoms with Gasteiger partial charge in [-0.1, -0.05) is 31.2 Å². The zero-order chi connectivity index (χ0) is 17.3. The van der Waals surface area contributed by atoms with E-state index in [-0.39, 0.29) is 23.8 Å². The largest absolute Gasteiger partial charge is 0.391 e. The number of nitrogens with one attached hydrogen (secondary N) is 2. The molecule has 1 aromatic rings. The van der Waals surface area contributed by atoms with Crippen LogP contribution in [0.1, 0.15) is 50.3 Å². The smallest absolute Gasteiger partial charge is 0.245 e. The van der Waals surface area contributed by atoms with E-state index in [0.717, 1.165) is 31.2 Å². The van der Waals surface area contributed by atoms with Crippen molar-refractivity contribution < 1.29 is 14.7 Å². The van der Waals surface area contributed by atoms with Crippen LogP contribution in [0.5, 0.6) is 0 Å². The Hall–Kier alpha value is -1.88. The molecule has 2 aliphatic rings. The normalized spacial score (nSPS) is 25.3. The van der Waals surface area contributed by atoms with Gasteiger partial charge in [-0.15, -0.1) is 0 Å². The number of aliphatic hydroxyl groups excluding tert-OH is 1. The molecule has 4 atom stereocenters. The number of amides is 2. The van der Waals surface area contributed by atoms with Gasteiger partial charge in [0.05, 0.1) is 12.1 Å². The molecule has 0 heterocycles. The van der Waals surface area contributed by atoms with Gasteiger partial charge >= 0.3 is 0 Å². The lowest BCUT2D eigenvalue weighted by atomic mass is 9.80. The standard InChI is InChI=1S/C19H26N2O3/c1-11-7-8-13-5-3-4-6-15(13)16(11)20-19(24)17(12(2)22)21-18(23)14-9-10-14/h3-6,11-12,14,16-17,22H,7-10H2,1-2H3,(H,20,24)(H,21,23). The number of fused-ring (bicyclic) bond motifs is 1. The summed E-state index contributed by atoms with van der Waals surface area (Å²) in [5.74, 6) is -0.119. The van der Waals surface area contributed by atoms with E-state index in [1.807, 2.05) is 12.1 Å². The van der Waals surface area contributed by atoms with Crippen LogP contribution in [0.15, 0.2) is 24.3 Å². The molecular weight excluding hydrogens is 304 g/mol. The Labute approximate surface area is 142 Å². The lowest BCUT2D eigenvalue weighted by molar-refractivity contribution is -0.132. The van der Waals surface area contributed by atoms with Crippen LogP contribution in [0, 0.1) is 11.8 Å². The van der Waals surface area contributed by atoms with Gasteiger partial charge in [-0.3, -0.25) is 9.59 Å². The van der Waals surface area contributed by atoms with E-state index < -0.39 is 12.1 Å². The minimum atomic E-state index is -0.929. The SMILES string of the molecule is CC(O)C(NC(=O)C1CC1)C(=O)NC1c2ccccc2CCC1C. The molecule has 0 aromatic heterocycles. The summed E-state index contributed by atoms with van der Waals surface area (Å²) in [6.07, 6.45) is 2.83. The van der Waals surface area contributed by atoms with Crippen molar-refractivity contribution in [1.82, 2.24) is 10.6 Å². The fourth-order valence-electron chi connectivity index (χ4n) is 3.41. The third kappa shape index (κ3) is 3.61. The van der Waals surface area contributed by atoms with Gasteiger partial charge < -0.3 is 15.7 Å². The van der Waals surface area contributed by atoms with E-state index in [0.29, 0.717) is 5.92 Å². The number of benzene rings is 1. The third-order valence-electron chi connectivity index (χ3n) is 5.14. The predicted octanol–water partition coefficient (Wildman–Crippen LogP) is 1.70. The van der Waals surface area contributed by atoms with Gasteiger partial charge in [0.15, 0.2) is 0 Å². The highest BCUT2D eigenvalue weighted by Gasteiger charge is 2.36. The minimum absolute atomic E-state index is 0.00776. The fraction of sp³-hybridized carbons (Fsp3) is 0.579. The van der Waals surface area contributed by atoms with E-state index in [2.05, 4.69) is 29.7 Å². The van der Waals surface area contributed by atoms with Gasteiger partial charge in [0, 0.05) is 5.92 Å². The summed E-state index contributed by atoms with van der Waals surface area (Å²) in [6.45, 7) is 3.66. The van der Waals surface area contributed by atoms with Crippen LogP contribution < -0.4 is 10.6 Å². The first-order valence-corrected chi connectivity index (χ1v) is 8.84. The second-order valence-corrected chi connectivity index (χ2v) is 7.20. The summed E-state index contributed by atoms with van der Waals surface area (Å²) in [5.41, 5.74) is 2.40. The summed E-state index contributed by atoms with van der Waals surface area (Å²) in [7, 11) is 0. The van der Waals surface area contributed by atoms with Gasteiger partial charge in [-0.05, 0) is 49.7 Å². The molecule has 0 radical (unpaired) electrons. The average molecular weight is 330 g/mol. The summed E-state index contributed by atoms with van der Waals surface area (Å²) >= 11 is 0. The molecule has 2 aliphatic carbocycles. The first-order valence-electron chi connectivity index (χ1n) is 8.84. The maximum atomic E-state index is 12.7. The molecule has 1 fully saturated rings.